The SMILES string of the molecule is NC(=O)c1ccc(N)c(Nc2cc(F)cc(F)c2F)c1. The van der Waals surface area contributed by atoms with Crippen LogP contribution in [0.15, 0.2) is 30.3 Å². The number of carbonyl (C=O) groups is 1. The Balaban J connectivity index is 2.44. The molecule has 0 aliphatic heterocycles. The summed E-state index contributed by atoms with van der Waals surface area (Å²) >= 11 is 0. The number of amides is 1. The minimum atomic E-state index is -1.34. The van der Waals surface area contributed by atoms with Crippen LogP contribution in [0.5, 0.6) is 0 Å². The summed E-state index contributed by atoms with van der Waals surface area (Å²) in [5.74, 6) is -4.25. The molecule has 0 bridgehead atoms. The van der Waals surface area contributed by atoms with Gasteiger partial charge in [-0.2, -0.15) is 0 Å². The number of nitrogens with two attached hydrogens (primary N) is 2. The van der Waals surface area contributed by atoms with Crippen LogP contribution in [0.4, 0.5) is 30.2 Å². The molecule has 0 atom stereocenters. The Morgan fingerprint density at radius 2 is 1.75 bits per heavy atom. The molecule has 0 saturated heterocycles. The van der Waals surface area contributed by atoms with Crippen molar-refractivity contribution in [2.45, 2.75) is 0 Å². The lowest BCUT2D eigenvalue weighted by Gasteiger charge is -2.11. The van der Waals surface area contributed by atoms with Crippen LogP contribution in [0.25, 0.3) is 0 Å². The first kappa shape index (κ1) is 13.7. The highest BCUT2D eigenvalue weighted by Gasteiger charge is 2.13. The third-order valence-electron chi connectivity index (χ3n) is 2.60. The van der Waals surface area contributed by atoms with Crippen LogP contribution >= 0.6 is 0 Å². The van der Waals surface area contributed by atoms with Gasteiger partial charge in [0.1, 0.15) is 5.82 Å². The van der Waals surface area contributed by atoms with Gasteiger partial charge < -0.3 is 16.8 Å². The predicted molar refractivity (Wildman–Crippen MR) is 69.0 cm³/mol. The molecule has 7 heteroatoms. The third kappa shape index (κ3) is 2.66. The lowest BCUT2D eigenvalue weighted by molar-refractivity contribution is 0.100. The van der Waals surface area contributed by atoms with E-state index in [9.17, 15) is 18.0 Å². The van der Waals surface area contributed by atoms with Gasteiger partial charge in [0.15, 0.2) is 11.6 Å². The molecule has 2 aromatic rings. The average molecular weight is 281 g/mol. The Bertz CT molecular complexity index is 689. The molecule has 4 nitrogen and oxygen atoms in total. The topological polar surface area (TPSA) is 81.1 Å². The summed E-state index contributed by atoms with van der Waals surface area (Å²) in [5, 5.41) is 2.43. The zero-order chi connectivity index (χ0) is 14.9. The third-order valence-corrected chi connectivity index (χ3v) is 2.60. The number of primary amides is 1. The molecule has 1 amide bonds. The summed E-state index contributed by atoms with van der Waals surface area (Å²) < 4.78 is 39.7. The molecule has 2 aromatic carbocycles. The van der Waals surface area contributed by atoms with Gasteiger partial charge in [0.05, 0.1) is 17.1 Å². The molecule has 0 aromatic heterocycles. The fourth-order valence-electron chi connectivity index (χ4n) is 1.61. The van der Waals surface area contributed by atoms with E-state index in [0.29, 0.717) is 6.07 Å². The molecule has 20 heavy (non-hydrogen) atoms. The highest BCUT2D eigenvalue weighted by Crippen LogP contribution is 2.27. The molecule has 0 heterocycles. The van der Waals surface area contributed by atoms with Crippen LogP contribution in [0, 0.1) is 17.5 Å². The Hall–Kier alpha value is -2.70. The summed E-state index contributed by atoms with van der Waals surface area (Å²) in [6.07, 6.45) is 0. The van der Waals surface area contributed by atoms with Gasteiger partial charge in [0.2, 0.25) is 5.91 Å². The average Bonchev–Trinajstić information content (AvgIpc) is 2.37. The Morgan fingerprint density at radius 1 is 1.05 bits per heavy atom. The van der Waals surface area contributed by atoms with Gasteiger partial charge >= 0.3 is 0 Å². The van der Waals surface area contributed by atoms with Gasteiger partial charge in [-0.15, -0.1) is 0 Å². The van der Waals surface area contributed by atoms with Crippen molar-refractivity contribution in [1.29, 1.82) is 0 Å². The molecule has 0 saturated carbocycles. The standard InChI is InChI=1S/C13H10F3N3O/c14-7-4-8(15)12(16)11(5-7)19-10-3-6(13(18)20)1-2-9(10)17/h1-5,19H,17H2,(H2,18,20). The summed E-state index contributed by atoms with van der Waals surface area (Å²) in [6, 6.07) is 5.21. The second-order valence-corrected chi connectivity index (χ2v) is 4.04. The lowest BCUT2D eigenvalue weighted by atomic mass is 10.1. The van der Waals surface area contributed by atoms with Crippen molar-refractivity contribution < 1.29 is 18.0 Å². The summed E-state index contributed by atoms with van der Waals surface area (Å²) in [6.45, 7) is 0. The van der Waals surface area contributed by atoms with Gasteiger partial charge in [-0.05, 0) is 18.2 Å². The number of benzene rings is 2. The normalized spacial score (nSPS) is 10.3. The molecular weight excluding hydrogens is 271 g/mol. The van der Waals surface area contributed by atoms with Crippen molar-refractivity contribution in [2.24, 2.45) is 5.73 Å². The van der Waals surface area contributed by atoms with Crippen LogP contribution < -0.4 is 16.8 Å². The van der Waals surface area contributed by atoms with E-state index < -0.39 is 29.0 Å². The summed E-state index contributed by atoms with van der Waals surface area (Å²) in [4.78, 5) is 11.1. The van der Waals surface area contributed by atoms with Crippen LogP contribution in [-0.4, -0.2) is 5.91 Å². The highest BCUT2D eigenvalue weighted by molar-refractivity contribution is 5.95. The molecule has 0 unspecified atom stereocenters. The lowest BCUT2D eigenvalue weighted by Crippen LogP contribution is -2.11. The largest absolute Gasteiger partial charge is 0.397 e. The van der Waals surface area contributed by atoms with Crippen LogP contribution in [-0.2, 0) is 0 Å². The van der Waals surface area contributed by atoms with Crippen LogP contribution in [0.2, 0.25) is 0 Å². The number of halogens is 3. The van der Waals surface area contributed by atoms with Gasteiger partial charge in [-0.1, -0.05) is 0 Å². The maximum absolute atomic E-state index is 13.5. The zero-order valence-electron chi connectivity index (χ0n) is 10.1. The van der Waals surface area contributed by atoms with E-state index in [1.807, 2.05) is 0 Å². The Kier molecular flexibility index (Phi) is 3.51. The summed E-state index contributed by atoms with van der Waals surface area (Å²) in [5.41, 5.74) is 10.7. The van der Waals surface area contributed by atoms with E-state index in [0.717, 1.165) is 6.07 Å². The van der Waals surface area contributed by atoms with Crippen molar-refractivity contribution in [3.05, 3.63) is 53.3 Å². The van der Waals surface area contributed by atoms with E-state index in [2.05, 4.69) is 5.32 Å². The molecule has 0 spiro atoms. The fourth-order valence-corrected chi connectivity index (χ4v) is 1.61. The maximum Gasteiger partial charge on any atom is 0.248 e. The maximum atomic E-state index is 13.5. The van der Waals surface area contributed by atoms with Crippen LogP contribution in [0.3, 0.4) is 0 Å². The van der Waals surface area contributed by atoms with E-state index >= 15 is 0 Å². The van der Waals surface area contributed by atoms with Crippen molar-refractivity contribution in [3.8, 4) is 0 Å². The molecule has 2 rings (SSSR count). The predicted octanol–water partition coefficient (Wildman–Crippen LogP) is 2.53. The first-order valence-electron chi connectivity index (χ1n) is 5.49. The number of rotatable bonds is 3. The molecule has 0 aliphatic rings. The minimum Gasteiger partial charge on any atom is -0.397 e. The first-order chi connectivity index (χ1) is 9.38. The van der Waals surface area contributed by atoms with Crippen molar-refractivity contribution in [1.82, 2.24) is 0 Å². The molecular formula is C13H10F3N3O. The van der Waals surface area contributed by atoms with E-state index in [1.54, 1.807) is 0 Å². The molecule has 5 N–H and O–H groups in total. The second-order valence-electron chi connectivity index (χ2n) is 4.04. The Morgan fingerprint density at radius 3 is 2.40 bits per heavy atom. The van der Waals surface area contributed by atoms with Crippen LogP contribution in [0.1, 0.15) is 10.4 Å². The number of hydrogen-bond acceptors (Lipinski definition) is 3. The number of carbonyl (C=O) groups excluding carboxylic acids is 1. The van der Waals surface area contributed by atoms with Gasteiger partial charge in [0, 0.05) is 17.7 Å². The van der Waals surface area contributed by atoms with E-state index in [4.69, 9.17) is 11.5 Å². The highest BCUT2D eigenvalue weighted by atomic mass is 19.2. The number of nitrogen functional groups attached to an aromatic ring is 1. The van der Waals surface area contributed by atoms with Gasteiger partial charge in [-0.25, -0.2) is 13.2 Å². The number of hydrogen-bond donors (Lipinski definition) is 3. The molecule has 0 radical (unpaired) electrons. The summed E-state index contributed by atoms with van der Waals surface area (Å²) in [7, 11) is 0. The number of anilines is 3. The van der Waals surface area contributed by atoms with Crippen molar-refractivity contribution >= 4 is 23.0 Å². The van der Waals surface area contributed by atoms with Crippen molar-refractivity contribution in [3.63, 3.8) is 0 Å². The van der Waals surface area contributed by atoms with E-state index in [-0.39, 0.29) is 16.9 Å². The monoisotopic (exact) mass is 281 g/mol. The minimum absolute atomic E-state index is 0.116. The number of nitrogens with one attached hydrogen (secondary N) is 1. The molecule has 0 aliphatic carbocycles. The van der Waals surface area contributed by atoms with Crippen molar-refractivity contribution in [2.75, 3.05) is 11.1 Å². The molecule has 104 valence electrons. The second kappa shape index (κ2) is 5.12. The van der Waals surface area contributed by atoms with Gasteiger partial charge in [0.25, 0.3) is 0 Å². The quantitative estimate of drug-likeness (QED) is 0.597. The zero-order valence-corrected chi connectivity index (χ0v) is 10.1. The molecule has 0 fully saturated rings. The van der Waals surface area contributed by atoms with E-state index in [1.165, 1.54) is 18.2 Å². The smallest absolute Gasteiger partial charge is 0.248 e. The fraction of sp³-hybridized carbons (Fsp3) is 0. The Labute approximate surface area is 112 Å². The van der Waals surface area contributed by atoms with Gasteiger partial charge in [-0.3, -0.25) is 4.79 Å². The first-order valence-corrected chi connectivity index (χ1v) is 5.49.